The number of ether oxygens (including phenoxy) is 1. The highest BCUT2D eigenvalue weighted by molar-refractivity contribution is 14.1. The molecule has 2 aromatic rings. The van der Waals surface area contributed by atoms with E-state index in [1.807, 2.05) is 22.6 Å². The Bertz CT molecular complexity index is 712. The fraction of sp³-hybridized carbons (Fsp3) is 0.455. The van der Waals surface area contributed by atoms with Gasteiger partial charge in [0.1, 0.15) is 6.10 Å². The molecular weight excluding hydrogens is 379 g/mol. The van der Waals surface area contributed by atoms with Crippen molar-refractivity contribution in [3.05, 3.63) is 20.1 Å². The van der Waals surface area contributed by atoms with E-state index in [1.54, 1.807) is 10.8 Å². The van der Waals surface area contributed by atoms with Crippen molar-refractivity contribution in [2.24, 2.45) is 0 Å². The first-order valence-corrected chi connectivity index (χ1v) is 7.09. The number of aromatic nitrogens is 3. The zero-order chi connectivity index (χ0) is 14.4. The van der Waals surface area contributed by atoms with Crippen LogP contribution in [0.2, 0.25) is 0 Å². The predicted molar refractivity (Wildman–Crippen MR) is 79.1 cm³/mol. The molecule has 1 saturated heterocycles. The van der Waals surface area contributed by atoms with Crippen molar-refractivity contribution >= 4 is 39.6 Å². The third-order valence-electron chi connectivity index (χ3n) is 3.30. The Hall–Kier alpha value is -1.17. The van der Waals surface area contributed by atoms with E-state index in [0.717, 1.165) is 0 Å². The van der Waals surface area contributed by atoms with E-state index in [4.69, 9.17) is 15.6 Å². The maximum absolute atomic E-state index is 11.9. The highest BCUT2D eigenvalue weighted by Crippen LogP contribution is 2.32. The van der Waals surface area contributed by atoms with Crippen LogP contribution in [0.1, 0.15) is 12.6 Å². The normalized spacial score (nSPS) is 26.4. The minimum atomic E-state index is -0.777. The SMILES string of the molecule is Nc1nc2c(c(I)cn2[C@@H]2O[C@H](CO)CC2O)c(=O)[nH]1. The Morgan fingerprint density at radius 2 is 2.40 bits per heavy atom. The Balaban J connectivity index is 2.15. The van der Waals surface area contributed by atoms with Crippen molar-refractivity contribution in [1.29, 1.82) is 0 Å². The topological polar surface area (TPSA) is 126 Å². The van der Waals surface area contributed by atoms with Crippen LogP contribution in [0, 0.1) is 3.57 Å². The number of nitrogens with two attached hydrogens (primary N) is 1. The molecule has 1 unspecified atom stereocenters. The van der Waals surface area contributed by atoms with Crippen molar-refractivity contribution < 1.29 is 14.9 Å². The standard InChI is InChI=1S/C11H13IN4O4/c12-5-2-16(10-6(18)1-4(3-17)20-10)8-7(5)9(19)15-11(13)14-8/h2,4,6,10,17-18H,1,3H2,(H3,13,14,15,19)/t4-,6?,10+/m0/s1. The summed E-state index contributed by atoms with van der Waals surface area (Å²) >= 11 is 2.02. The number of nitrogen functional groups attached to an aromatic ring is 1. The van der Waals surface area contributed by atoms with E-state index >= 15 is 0 Å². The van der Waals surface area contributed by atoms with Crippen molar-refractivity contribution in [3.8, 4) is 0 Å². The van der Waals surface area contributed by atoms with Crippen LogP contribution < -0.4 is 11.3 Å². The molecule has 0 radical (unpaired) electrons. The number of hydrogen-bond acceptors (Lipinski definition) is 6. The number of hydrogen-bond donors (Lipinski definition) is 4. The van der Waals surface area contributed by atoms with E-state index in [-0.39, 0.29) is 18.1 Å². The van der Waals surface area contributed by atoms with Gasteiger partial charge in [0.15, 0.2) is 11.9 Å². The van der Waals surface area contributed by atoms with Crippen LogP contribution in [-0.4, -0.2) is 43.6 Å². The third-order valence-corrected chi connectivity index (χ3v) is 4.12. The summed E-state index contributed by atoms with van der Waals surface area (Å²) in [6.07, 6.45) is 0.119. The Kier molecular flexibility index (Phi) is 3.44. The van der Waals surface area contributed by atoms with Gasteiger partial charge in [0.2, 0.25) is 5.95 Å². The third kappa shape index (κ3) is 2.10. The summed E-state index contributed by atoms with van der Waals surface area (Å²) < 4.78 is 7.85. The molecule has 0 spiro atoms. The van der Waals surface area contributed by atoms with E-state index < -0.39 is 18.4 Å². The molecule has 3 atom stereocenters. The number of aliphatic hydroxyl groups is 2. The van der Waals surface area contributed by atoms with Gasteiger partial charge in [0.25, 0.3) is 5.56 Å². The molecule has 9 heteroatoms. The molecule has 0 saturated carbocycles. The molecule has 0 amide bonds. The molecule has 0 aromatic carbocycles. The van der Waals surface area contributed by atoms with Gasteiger partial charge in [-0.3, -0.25) is 9.78 Å². The first-order chi connectivity index (χ1) is 9.51. The first kappa shape index (κ1) is 13.8. The number of aliphatic hydroxyl groups excluding tert-OH is 2. The van der Waals surface area contributed by atoms with Crippen molar-refractivity contribution in [2.45, 2.75) is 24.9 Å². The van der Waals surface area contributed by atoms with Gasteiger partial charge in [-0.2, -0.15) is 4.98 Å². The monoisotopic (exact) mass is 392 g/mol. The molecule has 3 heterocycles. The maximum atomic E-state index is 11.9. The van der Waals surface area contributed by atoms with E-state index in [1.165, 1.54) is 0 Å². The minimum absolute atomic E-state index is 0.00412. The molecule has 8 nitrogen and oxygen atoms in total. The summed E-state index contributed by atoms with van der Waals surface area (Å²) in [6, 6.07) is 0. The lowest BCUT2D eigenvalue weighted by atomic mass is 10.2. The number of anilines is 1. The van der Waals surface area contributed by atoms with Gasteiger partial charge in [-0.25, -0.2) is 0 Å². The minimum Gasteiger partial charge on any atom is -0.394 e. The van der Waals surface area contributed by atoms with Crippen LogP contribution >= 0.6 is 22.6 Å². The summed E-state index contributed by atoms with van der Waals surface area (Å²) in [5.74, 6) is 0.00412. The fourth-order valence-corrected chi connectivity index (χ4v) is 3.21. The lowest BCUT2D eigenvalue weighted by molar-refractivity contribution is -0.0484. The predicted octanol–water partition coefficient (Wildman–Crippen LogP) is -0.448. The first-order valence-electron chi connectivity index (χ1n) is 6.01. The molecule has 0 bridgehead atoms. The number of aromatic amines is 1. The average Bonchev–Trinajstić information content (AvgIpc) is 2.90. The molecule has 1 aliphatic heterocycles. The van der Waals surface area contributed by atoms with E-state index in [9.17, 15) is 9.90 Å². The molecular formula is C11H13IN4O4. The van der Waals surface area contributed by atoms with Gasteiger partial charge in [-0.05, 0) is 22.6 Å². The van der Waals surface area contributed by atoms with Gasteiger partial charge >= 0.3 is 0 Å². The Morgan fingerprint density at radius 1 is 1.65 bits per heavy atom. The largest absolute Gasteiger partial charge is 0.394 e. The molecule has 5 N–H and O–H groups in total. The summed E-state index contributed by atoms with van der Waals surface area (Å²) in [6.45, 7) is -0.167. The zero-order valence-electron chi connectivity index (χ0n) is 10.3. The van der Waals surface area contributed by atoms with E-state index in [0.29, 0.717) is 21.0 Å². The molecule has 0 aliphatic carbocycles. The lowest BCUT2D eigenvalue weighted by Crippen LogP contribution is -2.20. The van der Waals surface area contributed by atoms with Crippen LogP contribution in [-0.2, 0) is 4.74 Å². The molecule has 20 heavy (non-hydrogen) atoms. The lowest BCUT2D eigenvalue weighted by Gasteiger charge is -2.17. The second kappa shape index (κ2) is 4.98. The maximum Gasteiger partial charge on any atom is 0.262 e. The van der Waals surface area contributed by atoms with Gasteiger partial charge in [-0.15, -0.1) is 0 Å². The highest BCUT2D eigenvalue weighted by Gasteiger charge is 2.36. The van der Waals surface area contributed by atoms with Crippen molar-refractivity contribution in [1.82, 2.24) is 14.5 Å². The molecule has 2 aromatic heterocycles. The number of halogens is 1. The molecule has 3 rings (SSSR count). The van der Waals surface area contributed by atoms with Gasteiger partial charge in [0, 0.05) is 16.2 Å². The number of nitrogens with zero attached hydrogens (tertiary/aromatic N) is 2. The molecule has 1 aliphatic rings. The smallest absolute Gasteiger partial charge is 0.262 e. The number of nitrogens with one attached hydrogen (secondary N) is 1. The van der Waals surface area contributed by atoms with Crippen LogP contribution in [0.5, 0.6) is 0 Å². The van der Waals surface area contributed by atoms with Crippen LogP contribution in [0.3, 0.4) is 0 Å². The summed E-state index contributed by atoms with van der Waals surface area (Å²) in [4.78, 5) is 18.5. The second-order valence-electron chi connectivity index (χ2n) is 4.67. The average molecular weight is 392 g/mol. The van der Waals surface area contributed by atoms with Crippen molar-refractivity contribution in [2.75, 3.05) is 12.3 Å². The van der Waals surface area contributed by atoms with Crippen molar-refractivity contribution in [3.63, 3.8) is 0 Å². The second-order valence-corrected chi connectivity index (χ2v) is 5.83. The number of H-pyrrole nitrogens is 1. The summed E-state index contributed by atoms with van der Waals surface area (Å²) in [5, 5.41) is 19.6. The zero-order valence-corrected chi connectivity index (χ0v) is 12.4. The molecule has 1 fully saturated rings. The van der Waals surface area contributed by atoms with Gasteiger partial charge in [-0.1, -0.05) is 0 Å². The van der Waals surface area contributed by atoms with Gasteiger partial charge in [0.05, 0.1) is 18.1 Å². The van der Waals surface area contributed by atoms with Crippen LogP contribution in [0.4, 0.5) is 5.95 Å². The fourth-order valence-electron chi connectivity index (χ4n) is 2.42. The summed E-state index contributed by atoms with van der Waals surface area (Å²) in [7, 11) is 0. The summed E-state index contributed by atoms with van der Waals surface area (Å²) in [5.41, 5.74) is 5.59. The molecule has 108 valence electrons. The number of fused-ring (bicyclic) bond motifs is 1. The van der Waals surface area contributed by atoms with E-state index in [2.05, 4.69) is 9.97 Å². The quantitative estimate of drug-likeness (QED) is 0.513. The van der Waals surface area contributed by atoms with Crippen LogP contribution in [0.25, 0.3) is 11.0 Å². The Morgan fingerprint density at radius 3 is 3.05 bits per heavy atom. The highest BCUT2D eigenvalue weighted by atomic mass is 127. The Labute approximate surface area is 126 Å². The van der Waals surface area contributed by atoms with Crippen LogP contribution in [0.15, 0.2) is 11.0 Å². The van der Waals surface area contributed by atoms with Gasteiger partial charge < -0.3 is 25.3 Å². The number of rotatable bonds is 2.